The van der Waals surface area contributed by atoms with Gasteiger partial charge in [-0.05, 0) is 11.4 Å². The van der Waals surface area contributed by atoms with Crippen molar-refractivity contribution in [2.24, 2.45) is 0 Å². The Kier molecular flexibility index (Phi) is 20.9. The Morgan fingerprint density at radius 2 is 0.909 bits per heavy atom. The summed E-state index contributed by atoms with van der Waals surface area (Å²) in [6.45, 7) is 4.63. The van der Waals surface area contributed by atoms with Crippen molar-refractivity contribution < 1.29 is 0 Å². The van der Waals surface area contributed by atoms with Crippen molar-refractivity contribution in [3.05, 3.63) is 50.5 Å². The molecule has 304 valence electrons. The molecule has 55 heavy (non-hydrogen) atoms. The zero-order valence-corrected chi connectivity index (χ0v) is 42.4. The second-order valence-corrected chi connectivity index (χ2v) is 38.0. The molecule has 5 aromatic rings. The fourth-order valence-electron chi connectivity index (χ4n) is 7.91. The molecule has 0 nitrogen and oxygen atoms in total. The van der Waals surface area contributed by atoms with Gasteiger partial charge in [-0.25, -0.2) is 0 Å². The Hall–Kier alpha value is -0.441. The molecular formula is C49H74S5Sn. The zero-order valence-electron chi connectivity index (χ0n) is 35.5. The molecule has 0 N–H and O–H groups in total. The van der Waals surface area contributed by atoms with E-state index < -0.39 is 18.4 Å². The van der Waals surface area contributed by atoms with E-state index in [9.17, 15) is 0 Å². The molecule has 0 bridgehead atoms. The smallest absolute Gasteiger partial charge is 0.0654 e. The van der Waals surface area contributed by atoms with Crippen LogP contribution < -0.4 is 2.89 Å². The third-order valence-electron chi connectivity index (χ3n) is 11.4. The van der Waals surface area contributed by atoms with Gasteiger partial charge in [0.05, 0.1) is 0 Å². The predicted octanol–water partition coefficient (Wildman–Crippen LogP) is 19.2. The molecule has 5 rings (SSSR count). The third kappa shape index (κ3) is 15.3. The van der Waals surface area contributed by atoms with Crippen LogP contribution in [0.1, 0.15) is 189 Å². The van der Waals surface area contributed by atoms with Crippen molar-refractivity contribution in [3.63, 3.8) is 0 Å². The monoisotopic (exact) mass is 942 g/mol. The molecular weight excluding hydrogens is 868 g/mol. The fourth-order valence-corrected chi connectivity index (χ4v) is 19.3. The average Bonchev–Trinajstić information content (AvgIpc) is 4.00. The number of hydrogen-bond donors (Lipinski definition) is 0. The van der Waals surface area contributed by atoms with Gasteiger partial charge in [-0.3, -0.25) is 0 Å². The summed E-state index contributed by atoms with van der Waals surface area (Å²) in [5, 5.41) is 2.26. The SMILES string of the molecule is CCCCCCCCCCCCCCc1cc(-c2cc3sc4ccsc4c3s2)sc1/C=C/c1s[c]([Sn]([CH3])([CH3])[CH3])cc1CCCCCCCCCCCCCC. The maximum atomic E-state index is 2.65. The molecule has 0 radical (unpaired) electrons. The van der Waals surface area contributed by atoms with Gasteiger partial charge in [-0.2, -0.15) is 0 Å². The number of unbranched alkanes of at least 4 members (excludes halogenated alkanes) is 22. The minimum atomic E-state index is -2.16. The molecule has 0 spiro atoms. The van der Waals surface area contributed by atoms with E-state index in [0.717, 1.165) is 0 Å². The summed E-state index contributed by atoms with van der Waals surface area (Å²) in [6.07, 6.45) is 41.5. The minimum Gasteiger partial charge on any atom is -0.0654 e. The number of hydrogen-bond acceptors (Lipinski definition) is 5. The van der Waals surface area contributed by atoms with Crippen molar-refractivity contribution in [3.8, 4) is 9.75 Å². The minimum absolute atomic E-state index is 1.21. The Morgan fingerprint density at radius 1 is 0.455 bits per heavy atom. The van der Waals surface area contributed by atoms with Crippen molar-refractivity contribution in [1.82, 2.24) is 0 Å². The summed E-state index contributed by atoms with van der Waals surface area (Å²) >= 11 is 7.92. The first-order chi connectivity index (χ1) is 26.9. The molecule has 0 saturated carbocycles. The van der Waals surface area contributed by atoms with Crippen LogP contribution in [-0.4, -0.2) is 18.4 Å². The van der Waals surface area contributed by atoms with Gasteiger partial charge in [0.15, 0.2) is 0 Å². The number of fused-ring (bicyclic) bond motifs is 3. The Labute approximate surface area is 361 Å². The van der Waals surface area contributed by atoms with Crippen LogP contribution in [0.4, 0.5) is 0 Å². The summed E-state index contributed by atoms with van der Waals surface area (Å²) in [5.74, 6) is 0. The number of thiophene rings is 5. The zero-order chi connectivity index (χ0) is 38.7. The number of aryl methyl sites for hydroxylation is 2. The second kappa shape index (κ2) is 25.2. The van der Waals surface area contributed by atoms with Crippen LogP contribution in [0.25, 0.3) is 40.7 Å². The molecule has 0 saturated heterocycles. The average molecular weight is 942 g/mol. The van der Waals surface area contributed by atoms with E-state index >= 15 is 0 Å². The summed E-state index contributed by atoms with van der Waals surface area (Å²) in [4.78, 5) is 13.8. The van der Waals surface area contributed by atoms with Gasteiger partial charge in [0.2, 0.25) is 0 Å². The van der Waals surface area contributed by atoms with E-state index in [1.807, 2.05) is 45.3 Å². The Balaban J connectivity index is 1.18. The predicted molar refractivity (Wildman–Crippen MR) is 264 cm³/mol. The molecule has 0 unspecified atom stereocenters. The molecule has 0 atom stereocenters. The molecule has 0 aromatic carbocycles. The normalized spacial score (nSPS) is 12.5. The maximum absolute atomic E-state index is 2.65. The van der Waals surface area contributed by atoms with Gasteiger partial charge in [0.25, 0.3) is 0 Å². The van der Waals surface area contributed by atoms with Crippen LogP contribution in [-0.2, 0) is 12.8 Å². The Morgan fingerprint density at radius 3 is 1.42 bits per heavy atom. The van der Waals surface area contributed by atoms with Gasteiger partial charge < -0.3 is 0 Å². The van der Waals surface area contributed by atoms with Gasteiger partial charge in [-0.1, -0.05) is 90.9 Å². The quantitative estimate of drug-likeness (QED) is 0.0318. The summed E-state index contributed by atoms with van der Waals surface area (Å²) in [7, 11) is 0. The van der Waals surface area contributed by atoms with Crippen LogP contribution in [0.15, 0.2) is 29.6 Å². The molecule has 0 aliphatic rings. The van der Waals surface area contributed by atoms with Crippen LogP contribution in [0, 0.1) is 0 Å². The van der Waals surface area contributed by atoms with Gasteiger partial charge in [-0.15, -0.1) is 11.3 Å². The molecule has 0 amide bonds. The number of rotatable bonds is 30. The summed E-state index contributed by atoms with van der Waals surface area (Å²) in [5.41, 5.74) is 3.21. The second-order valence-electron chi connectivity index (χ2n) is 17.4. The third-order valence-corrected chi connectivity index (χ3v) is 26.9. The van der Waals surface area contributed by atoms with E-state index in [1.54, 1.807) is 18.9 Å². The van der Waals surface area contributed by atoms with E-state index in [1.165, 1.54) is 200 Å². The molecule has 0 fully saturated rings. The van der Waals surface area contributed by atoms with Crippen LogP contribution in [0.2, 0.25) is 14.8 Å². The van der Waals surface area contributed by atoms with Gasteiger partial charge in [0, 0.05) is 4.70 Å². The molecule has 5 aromatic heterocycles. The van der Waals surface area contributed by atoms with E-state index in [4.69, 9.17) is 0 Å². The van der Waals surface area contributed by atoms with Crippen molar-refractivity contribution in [2.75, 3.05) is 0 Å². The van der Waals surface area contributed by atoms with E-state index in [0.29, 0.717) is 0 Å². The molecule has 6 heteroatoms. The molecule has 5 heterocycles. The van der Waals surface area contributed by atoms with E-state index in [2.05, 4.69) is 81.8 Å². The summed E-state index contributed by atoms with van der Waals surface area (Å²) < 4.78 is 7.65. The molecule has 0 aliphatic heterocycles. The molecule has 0 aliphatic carbocycles. The first kappa shape index (κ1) is 45.6. The van der Waals surface area contributed by atoms with Crippen molar-refractivity contribution >= 4 is 109 Å². The first-order valence-electron chi connectivity index (χ1n) is 22.7. The van der Waals surface area contributed by atoms with Crippen molar-refractivity contribution in [2.45, 2.75) is 196 Å². The standard InChI is InChI=1S/C46H65S5.3CH3.Sn/c1-3-5-7-9-11-13-15-17-19-21-23-25-27-37-31-33-47-39(37)29-30-40-38(28-26-24-22-20-18-16-14-12-10-8-6-4-2)35-42(49-40)43-36-44-46(51-43)45-41(50-44)32-34-48-45;;;;/h29-32,34-36H,3-28H2,1-2H3;3*1H3;/b30-29+;;;;. The first-order valence-corrected chi connectivity index (χ1v) is 36.8. The van der Waals surface area contributed by atoms with Crippen LogP contribution >= 0.6 is 56.7 Å². The summed E-state index contributed by atoms with van der Waals surface area (Å²) in [6, 6.07) is 10.0. The van der Waals surface area contributed by atoms with Crippen LogP contribution in [0.3, 0.4) is 0 Å². The Bertz CT molecular complexity index is 1800. The van der Waals surface area contributed by atoms with Gasteiger partial charge >= 0.3 is 246 Å². The van der Waals surface area contributed by atoms with E-state index in [-0.39, 0.29) is 0 Å². The van der Waals surface area contributed by atoms with Gasteiger partial charge in [0.1, 0.15) is 0 Å². The van der Waals surface area contributed by atoms with Crippen molar-refractivity contribution in [1.29, 1.82) is 0 Å². The fraction of sp³-hybridized carbons (Fsp3) is 0.633. The van der Waals surface area contributed by atoms with Crippen LogP contribution in [0.5, 0.6) is 0 Å². The topological polar surface area (TPSA) is 0 Å².